The van der Waals surface area contributed by atoms with Gasteiger partial charge in [0.15, 0.2) is 0 Å². The number of nitrogens with zero attached hydrogens (tertiary/aromatic N) is 3. The van der Waals surface area contributed by atoms with Crippen molar-refractivity contribution in [3.05, 3.63) is 18.2 Å². The first-order chi connectivity index (χ1) is 15.5. The zero-order chi connectivity index (χ0) is 22.6. The fraction of sp³-hybridized carbons (Fsp3) is 0.708. The number of amides is 1. The third-order valence-electron chi connectivity index (χ3n) is 7.31. The number of piperidine rings is 1. The fourth-order valence-corrected chi connectivity index (χ4v) is 6.75. The highest BCUT2D eigenvalue weighted by atomic mass is 32.2. The van der Waals surface area contributed by atoms with Crippen LogP contribution in [0.1, 0.15) is 58.3 Å². The number of anilines is 2. The molecule has 32 heavy (non-hydrogen) atoms. The number of benzene rings is 1. The molecule has 0 bridgehead atoms. The summed E-state index contributed by atoms with van der Waals surface area (Å²) in [6.07, 6.45) is 8.11. The van der Waals surface area contributed by atoms with Crippen molar-refractivity contribution in [3.63, 3.8) is 0 Å². The highest BCUT2D eigenvalue weighted by Crippen LogP contribution is 2.33. The first-order valence-corrected chi connectivity index (χ1v) is 13.9. The van der Waals surface area contributed by atoms with Crippen molar-refractivity contribution in [2.75, 3.05) is 56.0 Å². The average Bonchev–Trinajstić information content (AvgIpc) is 2.85. The summed E-state index contributed by atoms with van der Waals surface area (Å²) in [4.78, 5) is 18.0. The van der Waals surface area contributed by atoms with Crippen LogP contribution in [0.2, 0.25) is 0 Å². The van der Waals surface area contributed by atoms with E-state index in [1.54, 1.807) is 16.4 Å². The number of carbonyl (C=O) groups is 1. The second-order valence-electron chi connectivity index (χ2n) is 9.39. The minimum absolute atomic E-state index is 0.0240. The smallest absolute Gasteiger partial charge is 0.243 e. The van der Waals surface area contributed by atoms with Crippen LogP contribution in [-0.2, 0) is 14.8 Å². The number of piperazine rings is 1. The Labute approximate surface area is 193 Å². The molecule has 178 valence electrons. The molecule has 1 aromatic carbocycles. The van der Waals surface area contributed by atoms with Crippen molar-refractivity contribution in [2.45, 2.75) is 63.2 Å². The maximum Gasteiger partial charge on any atom is 0.243 e. The van der Waals surface area contributed by atoms with E-state index < -0.39 is 10.0 Å². The lowest BCUT2D eigenvalue weighted by atomic mass is 9.88. The summed E-state index contributed by atoms with van der Waals surface area (Å²) < 4.78 is 28.2. The van der Waals surface area contributed by atoms with E-state index in [-0.39, 0.29) is 16.7 Å². The molecule has 0 unspecified atom stereocenters. The molecular formula is C24H38N4O3S. The molecule has 0 spiro atoms. The van der Waals surface area contributed by atoms with Crippen LogP contribution in [0, 0.1) is 5.92 Å². The number of rotatable bonds is 6. The predicted molar refractivity (Wildman–Crippen MR) is 129 cm³/mol. The van der Waals surface area contributed by atoms with Crippen LogP contribution in [0.5, 0.6) is 0 Å². The van der Waals surface area contributed by atoms with Gasteiger partial charge in [-0.15, -0.1) is 0 Å². The molecule has 0 atom stereocenters. The summed E-state index contributed by atoms with van der Waals surface area (Å²) in [5.74, 6) is 0.0570. The monoisotopic (exact) mass is 462 g/mol. The summed E-state index contributed by atoms with van der Waals surface area (Å²) in [5.41, 5.74) is 1.58. The largest absolute Gasteiger partial charge is 0.367 e. The number of likely N-dealkylation sites (N-methyl/N-ethyl adjacent to an activating group) is 1. The molecule has 1 saturated carbocycles. The number of nitrogens with one attached hydrogen (secondary N) is 1. The standard InChI is InChI=1S/C24H38N4O3S/c1-2-26-15-17-27(18-16-26)23-12-11-21(32(30,31)28-13-7-4-8-14-28)19-22(23)25-24(29)20-9-5-3-6-10-20/h11-12,19-20H,2-10,13-18H2,1H3,(H,25,29). The zero-order valence-corrected chi connectivity index (χ0v) is 20.2. The number of hydrogen-bond acceptors (Lipinski definition) is 5. The van der Waals surface area contributed by atoms with Crippen LogP contribution >= 0.6 is 0 Å². The molecule has 7 nitrogen and oxygen atoms in total. The van der Waals surface area contributed by atoms with Gasteiger partial charge in [-0.1, -0.05) is 32.6 Å². The number of carbonyl (C=O) groups excluding carboxylic acids is 1. The van der Waals surface area contributed by atoms with Gasteiger partial charge in [-0.3, -0.25) is 4.79 Å². The SMILES string of the molecule is CCN1CCN(c2ccc(S(=O)(=O)N3CCCCC3)cc2NC(=O)C2CCCCC2)CC1. The molecule has 3 fully saturated rings. The van der Waals surface area contributed by atoms with Gasteiger partial charge < -0.3 is 15.1 Å². The van der Waals surface area contributed by atoms with Gasteiger partial charge >= 0.3 is 0 Å². The Balaban J connectivity index is 1.61. The highest BCUT2D eigenvalue weighted by molar-refractivity contribution is 7.89. The molecule has 8 heteroatoms. The van der Waals surface area contributed by atoms with E-state index in [0.29, 0.717) is 18.8 Å². The Kier molecular flexibility index (Phi) is 7.74. The van der Waals surface area contributed by atoms with Crippen molar-refractivity contribution in [1.29, 1.82) is 0 Å². The molecule has 1 aromatic rings. The van der Waals surface area contributed by atoms with Gasteiger partial charge in [0.05, 0.1) is 16.3 Å². The van der Waals surface area contributed by atoms with Crippen LogP contribution in [0.3, 0.4) is 0 Å². The summed E-state index contributed by atoms with van der Waals surface area (Å²) >= 11 is 0. The van der Waals surface area contributed by atoms with E-state index in [0.717, 1.165) is 83.4 Å². The van der Waals surface area contributed by atoms with Crippen LogP contribution in [0.25, 0.3) is 0 Å². The molecule has 0 aromatic heterocycles. The Hall–Kier alpha value is -1.64. The third kappa shape index (κ3) is 5.29. The molecular weight excluding hydrogens is 424 g/mol. The zero-order valence-electron chi connectivity index (χ0n) is 19.4. The molecule has 3 aliphatic rings. The van der Waals surface area contributed by atoms with E-state index in [9.17, 15) is 13.2 Å². The maximum absolute atomic E-state index is 13.3. The molecule has 1 N–H and O–H groups in total. The first-order valence-electron chi connectivity index (χ1n) is 12.4. The summed E-state index contributed by atoms with van der Waals surface area (Å²) in [6, 6.07) is 5.32. The normalized spacial score (nSPS) is 22.1. The van der Waals surface area contributed by atoms with E-state index in [2.05, 4.69) is 22.0 Å². The van der Waals surface area contributed by atoms with Crippen LogP contribution in [0.15, 0.2) is 23.1 Å². The molecule has 1 aliphatic carbocycles. The van der Waals surface area contributed by atoms with Gasteiger partial charge in [0.2, 0.25) is 15.9 Å². The van der Waals surface area contributed by atoms with Crippen molar-refractivity contribution in [2.24, 2.45) is 5.92 Å². The minimum Gasteiger partial charge on any atom is -0.367 e. The van der Waals surface area contributed by atoms with Gasteiger partial charge in [-0.25, -0.2) is 8.42 Å². The Morgan fingerprint density at radius 2 is 1.59 bits per heavy atom. The van der Waals surface area contributed by atoms with E-state index in [4.69, 9.17) is 0 Å². The van der Waals surface area contributed by atoms with Crippen molar-refractivity contribution in [1.82, 2.24) is 9.21 Å². The molecule has 2 saturated heterocycles. The molecule has 4 rings (SSSR count). The summed E-state index contributed by atoms with van der Waals surface area (Å²) in [6.45, 7) is 8.05. The van der Waals surface area contributed by atoms with Crippen molar-refractivity contribution in [3.8, 4) is 0 Å². The Bertz CT molecular complexity index is 885. The van der Waals surface area contributed by atoms with Crippen molar-refractivity contribution >= 4 is 27.3 Å². The van der Waals surface area contributed by atoms with Crippen LogP contribution in [-0.4, -0.2) is 69.3 Å². The van der Waals surface area contributed by atoms with Crippen LogP contribution < -0.4 is 10.2 Å². The molecule has 0 radical (unpaired) electrons. The van der Waals surface area contributed by atoms with E-state index >= 15 is 0 Å². The Morgan fingerprint density at radius 1 is 0.938 bits per heavy atom. The molecule has 2 heterocycles. The van der Waals surface area contributed by atoms with Gasteiger partial charge in [0, 0.05) is 45.2 Å². The molecule has 1 amide bonds. The second kappa shape index (κ2) is 10.5. The van der Waals surface area contributed by atoms with Gasteiger partial charge in [0.25, 0.3) is 0 Å². The average molecular weight is 463 g/mol. The summed E-state index contributed by atoms with van der Waals surface area (Å²) in [7, 11) is -3.55. The van der Waals surface area contributed by atoms with E-state index in [1.165, 1.54) is 6.42 Å². The number of hydrogen-bond donors (Lipinski definition) is 1. The lowest BCUT2D eigenvalue weighted by Gasteiger charge is -2.36. The third-order valence-corrected chi connectivity index (χ3v) is 9.21. The van der Waals surface area contributed by atoms with E-state index in [1.807, 2.05) is 6.07 Å². The summed E-state index contributed by atoms with van der Waals surface area (Å²) in [5, 5.41) is 3.14. The van der Waals surface area contributed by atoms with Crippen LogP contribution in [0.4, 0.5) is 11.4 Å². The van der Waals surface area contributed by atoms with Gasteiger partial charge in [-0.2, -0.15) is 4.31 Å². The minimum atomic E-state index is -3.55. The Morgan fingerprint density at radius 3 is 2.25 bits per heavy atom. The lowest BCUT2D eigenvalue weighted by molar-refractivity contribution is -0.120. The lowest BCUT2D eigenvalue weighted by Crippen LogP contribution is -2.46. The first kappa shape index (κ1) is 23.5. The topological polar surface area (TPSA) is 73.0 Å². The number of sulfonamides is 1. The van der Waals surface area contributed by atoms with Gasteiger partial charge in [-0.05, 0) is 50.4 Å². The maximum atomic E-state index is 13.3. The fourth-order valence-electron chi connectivity index (χ4n) is 5.21. The second-order valence-corrected chi connectivity index (χ2v) is 11.3. The highest BCUT2D eigenvalue weighted by Gasteiger charge is 2.29. The van der Waals surface area contributed by atoms with Crippen molar-refractivity contribution < 1.29 is 13.2 Å². The quantitative estimate of drug-likeness (QED) is 0.700. The van der Waals surface area contributed by atoms with Gasteiger partial charge in [0.1, 0.15) is 0 Å². The molecule has 2 aliphatic heterocycles. The predicted octanol–water partition coefficient (Wildman–Crippen LogP) is 3.52.